The number of halogens is 1. The van der Waals surface area contributed by atoms with Crippen LogP contribution in [0.4, 0.5) is 5.69 Å². The number of hydrogen-bond acceptors (Lipinski definition) is 5. The third-order valence-electron chi connectivity index (χ3n) is 2.68. The summed E-state index contributed by atoms with van der Waals surface area (Å²) in [6, 6.07) is 11.1. The summed E-state index contributed by atoms with van der Waals surface area (Å²) in [6.07, 6.45) is 1.25. The number of rotatable bonds is 4. The van der Waals surface area contributed by atoms with Crippen molar-refractivity contribution in [3.63, 3.8) is 0 Å². The maximum Gasteiger partial charge on any atom is 0.273 e. The second kappa shape index (κ2) is 5.76. The predicted molar refractivity (Wildman–Crippen MR) is 87.7 cm³/mol. The second-order valence-corrected chi connectivity index (χ2v) is 8.53. The zero-order valence-electron chi connectivity index (χ0n) is 10.5. The molecule has 21 heavy (non-hydrogen) atoms. The van der Waals surface area contributed by atoms with E-state index in [1.807, 2.05) is 29.6 Å². The van der Waals surface area contributed by atoms with E-state index in [9.17, 15) is 8.42 Å². The molecule has 1 aromatic carbocycles. The minimum Gasteiger partial charge on any atom is -0.278 e. The van der Waals surface area contributed by atoms with Gasteiger partial charge < -0.3 is 0 Å². The number of aromatic nitrogens is 1. The molecule has 2 aromatic heterocycles. The van der Waals surface area contributed by atoms with Crippen LogP contribution in [0.25, 0.3) is 10.4 Å². The van der Waals surface area contributed by atoms with Crippen LogP contribution >= 0.6 is 34.3 Å². The summed E-state index contributed by atoms with van der Waals surface area (Å²) < 4.78 is 27.6. The Morgan fingerprint density at radius 1 is 1.14 bits per heavy atom. The molecule has 0 aliphatic heterocycles. The Kier molecular flexibility index (Phi) is 3.99. The molecule has 0 amide bonds. The Morgan fingerprint density at radius 2 is 1.95 bits per heavy atom. The highest BCUT2D eigenvalue weighted by atomic mass is 35.5. The molecule has 0 atom stereocenters. The van der Waals surface area contributed by atoms with Crippen molar-refractivity contribution in [2.45, 2.75) is 4.21 Å². The molecule has 0 aliphatic rings. The van der Waals surface area contributed by atoms with Crippen LogP contribution < -0.4 is 4.72 Å². The molecule has 108 valence electrons. The summed E-state index contributed by atoms with van der Waals surface area (Å²) >= 11 is 8.17. The fourth-order valence-electron chi connectivity index (χ4n) is 1.78. The normalized spacial score (nSPS) is 11.5. The Hall–Kier alpha value is -1.41. The van der Waals surface area contributed by atoms with Gasteiger partial charge in [-0.25, -0.2) is 13.4 Å². The van der Waals surface area contributed by atoms with Crippen molar-refractivity contribution in [1.29, 1.82) is 0 Å². The molecule has 0 radical (unpaired) electrons. The van der Waals surface area contributed by atoms with E-state index in [4.69, 9.17) is 11.6 Å². The van der Waals surface area contributed by atoms with Crippen LogP contribution in [0.3, 0.4) is 0 Å². The van der Waals surface area contributed by atoms with Gasteiger partial charge in [-0.3, -0.25) is 4.72 Å². The van der Waals surface area contributed by atoms with Crippen LogP contribution in [0.1, 0.15) is 0 Å². The maximum absolute atomic E-state index is 12.3. The summed E-state index contributed by atoms with van der Waals surface area (Å²) in [5, 5.41) is 1.95. The standard InChI is InChI=1S/C13H9ClN2O2S3/c14-13-15-8-12(20-13)21(17,18)16-10-5-2-1-4-9(10)11-6-3-7-19-11/h1-8,16H. The lowest BCUT2D eigenvalue weighted by atomic mass is 10.1. The third-order valence-corrected chi connectivity index (χ3v) is 6.52. The first kappa shape index (κ1) is 14.5. The molecule has 0 saturated heterocycles. The summed E-state index contributed by atoms with van der Waals surface area (Å²) in [5.41, 5.74) is 1.37. The second-order valence-electron chi connectivity index (χ2n) is 4.06. The van der Waals surface area contributed by atoms with Crippen molar-refractivity contribution in [2.24, 2.45) is 0 Å². The van der Waals surface area contributed by atoms with Gasteiger partial charge in [0.05, 0.1) is 11.9 Å². The van der Waals surface area contributed by atoms with Gasteiger partial charge in [0.25, 0.3) is 10.0 Å². The van der Waals surface area contributed by atoms with E-state index in [-0.39, 0.29) is 8.68 Å². The molecule has 0 unspecified atom stereocenters. The van der Waals surface area contributed by atoms with Crippen molar-refractivity contribution < 1.29 is 8.42 Å². The Labute approximate surface area is 135 Å². The quantitative estimate of drug-likeness (QED) is 0.757. The molecule has 0 saturated carbocycles. The largest absolute Gasteiger partial charge is 0.278 e. The minimum absolute atomic E-state index is 0.0912. The molecule has 8 heteroatoms. The van der Waals surface area contributed by atoms with Gasteiger partial charge in [0, 0.05) is 10.4 Å². The molecule has 0 fully saturated rings. The monoisotopic (exact) mass is 356 g/mol. The number of anilines is 1. The van der Waals surface area contributed by atoms with Gasteiger partial charge in [-0.1, -0.05) is 47.2 Å². The molecule has 3 rings (SSSR count). The molecular formula is C13H9ClN2O2S3. The van der Waals surface area contributed by atoms with Crippen LogP contribution in [-0.2, 0) is 10.0 Å². The highest BCUT2D eigenvalue weighted by molar-refractivity contribution is 7.94. The van der Waals surface area contributed by atoms with Crippen molar-refractivity contribution in [3.05, 3.63) is 52.4 Å². The number of sulfonamides is 1. The van der Waals surface area contributed by atoms with Gasteiger partial charge in [-0.15, -0.1) is 11.3 Å². The average Bonchev–Trinajstić information content (AvgIpc) is 3.10. The molecule has 0 bridgehead atoms. The highest BCUT2D eigenvalue weighted by Gasteiger charge is 2.19. The van der Waals surface area contributed by atoms with Gasteiger partial charge in [0.2, 0.25) is 0 Å². The summed E-state index contributed by atoms with van der Waals surface area (Å²) in [7, 11) is -3.68. The lowest BCUT2D eigenvalue weighted by molar-refractivity contribution is 0.603. The first-order valence-electron chi connectivity index (χ1n) is 5.83. The number of thiazole rings is 1. The van der Waals surface area contributed by atoms with Crippen molar-refractivity contribution in [1.82, 2.24) is 4.98 Å². The van der Waals surface area contributed by atoms with Gasteiger partial charge in [0.1, 0.15) is 0 Å². The van der Waals surface area contributed by atoms with Crippen LogP contribution in [0.5, 0.6) is 0 Å². The predicted octanol–water partition coefficient (Wildman–Crippen LogP) is 4.33. The molecule has 3 aromatic rings. The summed E-state index contributed by atoms with van der Waals surface area (Å²) in [4.78, 5) is 4.76. The molecule has 1 N–H and O–H groups in total. The Bertz CT molecular complexity index is 857. The van der Waals surface area contributed by atoms with Gasteiger partial charge >= 0.3 is 0 Å². The smallest absolute Gasteiger partial charge is 0.273 e. The average molecular weight is 357 g/mol. The van der Waals surface area contributed by atoms with Crippen molar-refractivity contribution >= 4 is 50.0 Å². The lowest BCUT2D eigenvalue weighted by Gasteiger charge is -2.10. The van der Waals surface area contributed by atoms with Gasteiger partial charge in [0.15, 0.2) is 8.68 Å². The Morgan fingerprint density at radius 3 is 2.62 bits per heavy atom. The highest BCUT2D eigenvalue weighted by Crippen LogP contribution is 2.33. The summed E-state index contributed by atoms with van der Waals surface area (Å²) in [6.45, 7) is 0. The maximum atomic E-state index is 12.3. The fourth-order valence-corrected chi connectivity index (χ4v) is 4.92. The zero-order valence-corrected chi connectivity index (χ0v) is 13.7. The van der Waals surface area contributed by atoms with Crippen molar-refractivity contribution in [2.75, 3.05) is 4.72 Å². The van der Waals surface area contributed by atoms with E-state index >= 15 is 0 Å². The van der Waals surface area contributed by atoms with E-state index in [2.05, 4.69) is 9.71 Å². The van der Waals surface area contributed by atoms with E-state index in [0.717, 1.165) is 21.8 Å². The number of nitrogens with zero attached hydrogens (tertiary/aromatic N) is 1. The topological polar surface area (TPSA) is 59.1 Å². The number of nitrogens with one attached hydrogen (secondary N) is 1. The van der Waals surface area contributed by atoms with E-state index in [1.54, 1.807) is 23.5 Å². The first-order valence-corrected chi connectivity index (χ1v) is 9.39. The molecular weight excluding hydrogens is 348 g/mol. The number of hydrogen-bond donors (Lipinski definition) is 1. The van der Waals surface area contributed by atoms with E-state index in [1.165, 1.54) is 6.20 Å². The first-order chi connectivity index (χ1) is 10.1. The van der Waals surface area contributed by atoms with Crippen molar-refractivity contribution in [3.8, 4) is 10.4 Å². The number of thiophene rings is 1. The van der Waals surface area contributed by atoms with Crippen LogP contribution in [0, 0.1) is 0 Å². The fraction of sp³-hybridized carbons (Fsp3) is 0. The van der Waals surface area contributed by atoms with Crippen LogP contribution in [0.2, 0.25) is 4.47 Å². The van der Waals surface area contributed by atoms with Crippen LogP contribution in [-0.4, -0.2) is 13.4 Å². The molecule has 4 nitrogen and oxygen atoms in total. The number of benzene rings is 1. The zero-order chi connectivity index (χ0) is 14.9. The molecule has 2 heterocycles. The SMILES string of the molecule is O=S(=O)(Nc1ccccc1-c1cccs1)c1cnc(Cl)s1. The number of para-hydroxylation sites is 1. The van der Waals surface area contributed by atoms with E-state index < -0.39 is 10.0 Å². The summed E-state index contributed by atoms with van der Waals surface area (Å²) in [5.74, 6) is 0. The lowest BCUT2D eigenvalue weighted by Crippen LogP contribution is -2.12. The molecule has 0 aliphatic carbocycles. The van der Waals surface area contributed by atoms with Crippen LogP contribution in [0.15, 0.2) is 52.2 Å². The molecule has 0 spiro atoms. The Balaban J connectivity index is 1.99. The third kappa shape index (κ3) is 3.11. The van der Waals surface area contributed by atoms with Gasteiger partial charge in [-0.2, -0.15) is 0 Å². The van der Waals surface area contributed by atoms with E-state index in [0.29, 0.717) is 5.69 Å². The minimum atomic E-state index is -3.68. The van der Waals surface area contributed by atoms with Gasteiger partial charge in [-0.05, 0) is 17.5 Å².